The van der Waals surface area contributed by atoms with Gasteiger partial charge in [-0.05, 0) is 6.07 Å². The molecule has 2 aromatic rings. The molecule has 108 valence electrons. The van der Waals surface area contributed by atoms with Crippen LogP contribution in [-0.2, 0) is 16.4 Å². The molecule has 0 radical (unpaired) electrons. The van der Waals surface area contributed by atoms with Crippen molar-refractivity contribution in [2.45, 2.75) is 17.9 Å². The summed E-state index contributed by atoms with van der Waals surface area (Å²) in [5.41, 5.74) is 6.61. The fraction of sp³-hybridized carbons (Fsp3) is 0.250. The van der Waals surface area contributed by atoms with Crippen LogP contribution in [0, 0.1) is 0 Å². The van der Waals surface area contributed by atoms with Gasteiger partial charge in [-0.3, -0.25) is 4.68 Å². The minimum absolute atomic E-state index is 0.0170. The highest BCUT2D eigenvalue weighted by atomic mass is 32.2. The Kier molecular flexibility index (Phi) is 3.76. The van der Waals surface area contributed by atoms with Crippen molar-refractivity contribution in [3.05, 3.63) is 30.6 Å². The maximum Gasteiger partial charge on any atom is 0.257 e. The van der Waals surface area contributed by atoms with Crippen molar-refractivity contribution >= 4 is 15.5 Å². The largest absolute Gasteiger partial charge is 0.398 e. The lowest BCUT2D eigenvalue weighted by Gasteiger charge is -2.09. The summed E-state index contributed by atoms with van der Waals surface area (Å²) in [6.45, 7) is -0.545. The standard InChI is InChI=1S/C12H13F2N3O2S/c1-20(18,19)12-9(3-2-4-10(12)15)8-5-16-17(6-8)7-11(13)14/h2-6,11H,7,15H2,1H3. The van der Waals surface area contributed by atoms with Crippen LogP contribution in [0.4, 0.5) is 14.5 Å². The Bertz CT molecular complexity index is 726. The Morgan fingerprint density at radius 1 is 1.40 bits per heavy atom. The number of halogens is 2. The van der Waals surface area contributed by atoms with Gasteiger partial charge in [0.2, 0.25) is 0 Å². The number of nitrogens with zero attached hydrogens (tertiary/aromatic N) is 2. The minimum atomic E-state index is -3.54. The van der Waals surface area contributed by atoms with Gasteiger partial charge in [-0.1, -0.05) is 12.1 Å². The van der Waals surface area contributed by atoms with Gasteiger partial charge in [0.05, 0.1) is 16.8 Å². The summed E-state index contributed by atoms with van der Waals surface area (Å²) in [7, 11) is -3.54. The zero-order valence-corrected chi connectivity index (χ0v) is 11.4. The third-order valence-corrected chi connectivity index (χ3v) is 3.88. The number of benzene rings is 1. The number of nitrogens with two attached hydrogens (primary N) is 1. The molecule has 0 saturated heterocycles. The monoisotopic (exact) mass is 301 g/mol. The Balaban J connectivity index is 2.53. The minimum Gasteiger partial charge on any atom is -0.398 e. The molecular weight excluding hydrogens is 288 g/mol. The number of hydrogen-bond acceptors (Lipinski definition) is 4. The number of hydrogen-bond donors (Lipinski definition) is 1. The third-order valence-electron chi connectivity index (χ3n) is 2.69. The number of nitrogen functional groups attached to an aromatic ring is 1. The van der Waals surface area contributed by atoms with E-state index in [1.165, 1.54) is 18.5 Å². The highest BCUT2D eigenvalue weighted by Gasteiger charge is 2.19. The first-order chi connectivity index (χ1) is 9.29. The number of aromatic nitrogens is 2. The smallest absolute Gasteiger partial charge is 0.257 e. The van der Waals surface area contributed by atoms with E-state index in [1.54, 1.807) is 12.1 Å². The van der Waals surface area contributed by atoms with Crippen LogP contribution >= 0.6 is 0 Å². The van der Waals surface area contributed by atoms with Crippen molar-refractivity contribution in [1.29, 1.82) is 0 Å². The second-order valence-electron chi connectivity index (χ2n) is 4.34. The van der Waals surface area contributed by atoms with E-state index >= 15 is 0 Å². The molecule has 8 heteroatoms. The van der Waals surface area contributed by atoms with Gasteiger partial charge < -0.3 is 5.73 Å². The van der Waals surface area contributed by atoms with Crippen molar-refractivity contribution in [3.63, 3.8) is 0 Å². The van der Waals surface area contributed by atoms with E-state index in [9.17, 15) is 17.2 Å². The molecule has 1 heterocycles. The molecule has 20 heavy (non-hydrogen) atoms. The normalized spacial score (nSPS) is 12.0. The average molecular weight is 301 g/mol. The predicted octanol–water partition coefficient (Wildman–Crippen LogP) is 1.80. The lowest BCUT2D eigenvalue weighted by Crippen LogP contribution is -2.06. The van der Waals surface area contributed by atoms with Crippen LogP contribution in [0.1, 0.15) is 0 Å². The number of alkyl halides is 2. The first-order valence-corrected chi connectivity index (χ1v) is 7.57. The fourth-order valence-electron chi connectivity index (χ4n) is 1.94. The van der Waals surface area contributed by atoms with Crippen LogP contribution in [0.2, 0.25) is 0 Å². The van der Waals surface area contributed by atoms with Crippen molar-refractivity contribution in [2.75, 3.05) is 12.0 Å². The van der Waals surface area contributed by atoms with Crippen LogP contribution in [0.5, 0.6) is 0 Å². The lowest BCUT2D eigenvalue weighted by atomic mass is 10.1. The molecule has 0 unspecified atom stereocenters. The van der Waals surface area contributed by atoms with E-state index in [2.05, 4.69) is 5.10 Å². The average Bonchev–Trinajstić information content (AvgIpc) is 2.74. The molecular formula is C12H13F2N3O2S. The third kappa shape index (κ3) is 2.96. The van der Waals surface area contributed by atoms with E-state index in [1.807, 2.05) is 0 Å². The van der Waals surface area contributed by atoms with Gasteiger partial charge in [-0.2, -0.15) is 5.10 Å². The first-order valence-electron chi connectivity index (χ1n) is 5.68. The molecule has 0 amide bonds. The number of sulfone groups is 1. The van der Waals surface area contributed by atoms with Crippen molar-refractivity contribution in [3.8, 4) is 11.1 Å². The van der Waals surface area contributed by atoms with Crippen LogP contribution in [-0.4, -0.2) is 30.9 Å². The summed E-state index contributed by atoms with van der Waals surface area (Å²) in [4.78, 5) is -0.0170. The topological polar surface area (TPSA) is 78.0 Å². The molecule has 0 atom stereocenters. The molecule has 2 rings (SSSR count). The molecule has 0 aliphatic carbocycles. The number of rotatable bonds is 4. The van der Waals surface area contributed by atoms with E-state index in [0.717, 1.165) is 10.9 Å². The molecule has 0 fully saturated rings. The van der Waals surface area contributed by atoms with Gasteiger partial charge in [0, 0.05) is 23.6 Å². The van der Waals surface area contributed by atoms with Crippen molar-refractivity contribution in [1.82, 2.24) is 9.78 Å². The van der Waals surface area contributed by atoms with Gasteiger partial charge in [-0.15, -0.1) is 0 Å². The molecule has 0 aliphatic heterocycles. The molecule has 0 saturated carbocycles. The maximum absolute atomic E-state index is 12.3. The molecule has 0 bridgehead atoms. The van der Waals surface area contributed by atoms with Crippen molar-refractivity contribution < 1.29 is 17.2 Å². The van der Waals surface area contributed by atoms with Gasteiger partial charge in [0.25, 0.3) is 6.43 Å². The second-order valence-corrected chi connectivity index (χ2v) is 6.29. The lowest BCUT2D eigenvalue weighted by molar-refractivity contribution is 0.122. The molecule has 5 nitrogen and oxygen atoms in total. The van der Waals surface area contributed by atoms with E-state index in [4.69, 9.17) is 5.73 Å². The van der Waals surface area contributed by atoms with E-state index in [-0.39, 0.29) is 10.6 Å². The van der Waals surface area contributed by atoms with Gasteiger partial charge in [0.1, 0.15) is 6.54 Å². The van der Waals surface area contributed by atoms with Crippen LogP contribution < -0.4 is 5.73 Å². The summed E-state index contributed by atoms with van der Waals surface area (Å²) in [6.07, 6.45) is 1.23. The number of anilines is 1. The molecule has 1 aromatic heterocycles. The predicted molar refractivity (Wildman–Crippen MR) is 71.2 cm³/mol. The van der Waals surface area contributed by atoms with Gasteiger partial charge in [0.15, 0.2) is 9.84 Å². The Hall–Kier alpha value is -1.96. The zero-order chi connectivity index (χ0) is 14.9. The van der Waals surface area contributed by atoms with Crippen LogP contribution in [0.25, 0.3) is 11.1 Å². The Labute approximate surface area is 114 Å². The van der Waals surface area contributed by atoms with Crippen LogP contribution in [0.3, 0.4) is 0 Å². The molecule has 0 aliphatic rings. The molecule has 2 N–H and O–H groups in total. The summed E-state index contributed by atoms with van der Waals surface area (Å²) in [5, 5.41) is 3.79. The maximum atomic E-state index is 12.3. The quantitative estimate of drug-likeness (QED) is 0.873. The van der Waals surface area contributed by atoms with Gasteiger partial charge in [-0.25, -0.2) is 17.2 Å². The van der Waals surface area contributed by atoms with Crippen molar-refractivity contribution in [2.24, 2.45) is 0 Å². The second kappa shape index (κ2) is 5.20. The summed E-state index contributed by atoms with van der Waals surface area (Å²) in [5.74, 6) is 0. The summed E-state index contributed by atoms with van der Waals surface area (Å²) < 4.78 is 49.3. The Morgan fingerprint density at radius 3 is 2.70 bits per heavy atom. The molecule has 0 spiro atoms. The highest BCUT2D eigenvalue weighted by molar-refractivity contribution is 7.91. The van der Waals surface area contributed by atoms with E-state index in [0.29, 0.717) is 11.1 Å². The van der Waals surface area contributed by atoms with E-state index < -0.39 is 22.8 Å². The Morgan fingerprint density at radius 2 is 2.10 bits per heavy atom. The summed E-state index contributed by atoms with van der Waals surface area (Å²) >= 11 is 0. The van der Waals surface area contributed by atoms with Crippen LogP contribution in [0.15, 0.2) is 35.5 Å². The molecule has 1 aromatic carbocycles. The SMILES string of the molecule is CS(=O)(=O)c1c(N)cccc1-c1cnn(CC(F)F)c1. The fourth-order valence-corrected chi connectivity index (χ4v) is 3.02. The zero-order valence-electron chi connectivity index (χ0n) is 10.6. The first kappa shape index (κ1) is 14.4. The van der Waals surface area contributed by atoms with Gasteiger partial charge >= 0.3 is 0 Å². The summed E-state index contributed by atoms with van der Waals surface area (Å²) in [6, 6.07) is 4.64. The highest BCUT2D eigenvalue weighted by Crippen LogP contribution is 2.31.